The van der Waals surface area contributed by atoms with Gasteiger partial charge in [-0.05, 0) is 54.5 Å². The minimum atomic E-state index is -0.292. The SMILES string of the molecule is CCOc1c(Cl)cc(/C=N\n2c(Cc3ccc(F)cc3)n[nH]c2=S)cc1Cl. The van der Waals surface area contributed by atoms with E-state index in [1.54, 1.807) is 30.5 Å². The molecule has 0 bridgehead atoms. The molecule has 0 amide bonds. The van der Waals surface area contributed by atoms with Crippen molar-refractivity contribution in [3.8, 4) is 5.75 Å². The number of hydrogen-bond acceptors (Lipinski definition) is 4. The zero-order valence-corrected chi connectivity index (χ0v) is 16.6. The average Bonchev–Trinajstić information content (AvgIpc) is 2.98. The molecule has 0 aliphatic rings. The van der Waals surface area contributed by atoms with E-state index in [0.29, 0.717) is 45.0 Å². The van der Waals surface area contributed by atoms with Gasteiger partial charge < -0.3 is 4.74 Å². The number of H-pyrrole nitrogens is 1. The number of benzene rings is 2. The van der Waals surface area contributed by atoms with Gasteiger partial charge in [-0.3, -0.25) is 5.10 Å². The van der Waals surface area contributed by atoms with Gasteiger partial charge in [0.2, 0.25) is 4.77 Å². The molecule has 9 heteroatoms. The first kappa shape index (κ1) is 19.5. The molecule has 0 aliphatic heterocycles. The highest BCUT2D eigenvalue weighted by atomic mass is 35.5. The van der Waals surface area contributed by atoms with E-state index in [2.05, 4.69) is 15.3 Å². The Labute approximate surface area is 170 Å². The van der Waals surface area contributed by atoms with Crippen molar-refractivity contribution >= 4 is 41.6 Å². The highest BCUT2D eigenvalue weighted by molar-refractivity contribution is 7.71. The van der Waals surface area contributed by atoms with Crippen molar-refractivity contribution in [3.63, 3.8) is 0 Å². The quantitative estimate of drug-likeness (QED) is 0.433. The molecule has 0 saturated heterocycles. The second kappa shape index (κ2) is 8.65. The number of halogens is 3. The summed E-state index contributed by atoms with van der Waals surface area (Å²) in [6.07, 6.45) is 2.02. The van der Waals surface area contributed by atoms with E-state index in [-0.39, 0.29) is 5.82 Å². The Balaban J connectivity index is 1.86. The van der Waals surface area contributed by atoms with Crippen LogP contribution in [0.2, 0.25) is 10.0 Å². The van der Waals surface area contributed by atoms with E-state index in [1.807, 2.05) is 6.92 Å². The Morgan fingerprint density at radius 1 is 1.26 bits per heavy atom. The van der Waals surface area contributed by atoms with Gasteiger partial charge in [0.25, 0.3) is 0 Å². The van der Waals surface area contributed by atoms with Crippen LogP contribution in [-0.4, -0.2) is 27.7 Å². The molecule has 1 heterocycles. The Morgan fingerprint density at radius 2 is 1.93 bits per heavy atom. The van der Waals surface area contributed by atoms with E-state index in [0.717, 1.165) is 5.56 Å². The van der Waals surface area contributed by atoms with Gasteiger partial charge in [-0.15, -0.1) is 0 Å². The van der Waals surface area contributed by atoms with Crippen LogP contribution in [0.3, 0.4) is 0 Å². The summed E-state index contributed by atoms with van der Waals surface area (Å²) >= 11 is 17.6. The molecule has 0 saturated carbocycles. The molecule has 27 heavy (non-hydrogen) atoms. The zero-order valence-electron chi connectivity index (χ0n) is 14.2. The molecule has 0 radical (unpaired) electrons. The minimum absolute atomic E-state index is 0.292. The summed E-state index contributed by atoms with van der Waals surface area (Å²) in [5, 5.41) is 12.1. The van der Waals surface area contributed by atoms with Gasteiger partial charge in [0.1, 0.15) is 5.82 Å². The summed E-state index contributed by atoms with van der Waals surface area (Å²) in [6.45, 7) is 2.31. The third kappa shape index (κ3) is 4.74. The minimum Gasteiger partial charge on any atom is -0.491 e. The second-order valence-electron chi connectivity index (χ2n) is 5.55. The standard InChI is InChI=1S/C18H15Cl2FN4OS/c1-2-26-17-14(19)7-12(8-15(17)20)10-22-25-16(23-24-18(25)27)9-11-3-5-13(21)6-4-11/h3-8,10H,2,9H2,1H3,(H,24,27)/b22-10-. The third-order valence-electron chi connectivity index (χ3n) is 3.62. The first-order chi connectivity index (χ1) is 13.0. The Bertz CT molecular complexity index is 1010. The van der Waals surface area contributed by atoms with Crippen LogP contribution >= 0.6 is 35.4 Å². The lowest BCUT2D eigenvalue weighted by Gasteiger charge is -2.08. The van der Waals surface area contributed by atoms with Crippen LogP contribution < -0.4 is 4.74 Å². The first-order valence-corrected chi connectivity index (χ1v) is 9.21. The van der Waals surface area contributed by atoms with E-state index >= 15 is 0 Å². The third-order valence-corrected chi connectivity index (χ3v) is 4.45. The fourth-order valence-electron chi connectivity index (χ4n) is 2.40. The summed E-state index contributed by atoms with van der Waals surface area (Å²) in [6, 6.07) is 9.57. The first-order valence-electron chi connectivity index (χ1n) is 8.05. The fraction of sp³-hybridized carbons (Fsp3) is 0.167. The molecule has 0 unspecified atom stereocenters. The second-order valence-corrected chi connectivity index (χ2v) is 6.75. The smallest absolute Gasteiger partial charge is 0.216 e. The molecule has 140 valence electrons. The molecule has 0 fully saturated rings. The molecule has 0 aliphatic carbocycles. The number of nitrogens with zero attached hydrogens (tertiary/aromatic N) is 3. The van der Waals surface area contributed by atoms with Crippen LogP contribution in [0.4, 0.5) is 4.39 Å². The van der Waals surface area contributed by atoms with Crippen molar-refractivity contribution in [3.05, 3.63) is 74.0 Å². The van der Waals surface area contributed by atoms with Gasteiger partial charge in [-0.1, -0.05) is 35.3 Å². The van der Waals surface area contributed by atoms with E-state index in [9.17, 15) is 4.39 Å². The topological polar surface area (TPSA) is 55.2 Å². The fourth-order valence-corrected chi connectivity index (χ4v) is 3.21. The van der Waals surface area contributed by atoms with Gasteiger partial charge in [0, 0.05) is 6.42 Å². The highest BCUT2D eigenvalue weighted by Crippen LogP contribution is 2.33. The molecule has 3 aromatic rings. The summed E-state index contributed by atoms with van der Waals surface area (Å²) in [4.78, 5) is 0. The average molecular weight is 425 g/mol. The monoisotopic (exact) mass is 424 g/mol. The van der Waals surface area contributed by atoms with Crippen LogP contribution in [0, 0.1) is 10.6 Å². The molecular weight excluding hydrogens is 410 g/mol. The van der Waals surface area contributed by atoms with Crippen molar-refractivity contribution in [2.75, 3.05) is 6.61 Å². The largest absolute Gasteiger partial charge is 0.491 e. The maximum absolute atomic E-state index is 13.1. The van der Waals surface area contributed by atoms with Crippen LogP contribution in [-0.2, 0) is 6.42 Å². The molecule has 1 aromatic heterocycles. The zero-order chi connectivity index (χ0) is 19.4. The number of aromatic amines is 1. The van der Waals surface area contributed by atoms with Crippen molar-refractivity contribution in [2.24, 2.45) is 5.10 Å². The predicted octanol–water partition coefficient (Wildman–Crippen LogP) is 5.26. The maximum atomic E-state index is 13.1. The van der Waals surface area contributed by atoms with Gasteiger partial charge in [0.15, 0.2) is 11.6 Å². The predicted molar refractivity (Wildman–Crippen MR) is 107 cm³/mol. The van der Waals surface area contributed by atoms with Crippen LogP contribution in [0.25, 0.3) is 0 Å². The maximum Gasteiger partial charge on any atom is 0.216 e. The Morgan fingerprint density at radius 3 is 2.56 bits per heavy atom. The van der Waals surface area contributed by atoms with Gasteiger partial charge >= 0.3 is 0 Å². The van der Waals surface area contributed by atoms with Gasteiger partial charge in [0.05, 0.1) is 22.9 Å². The normalized spacial score (nSPS) is 11.3. The van der Waals surface area contributed by atoms with Crippen molar-refractivity contribution in [1.29, 1.82) is 0 Å². The van der Waals surface area contributed by atoms with Gasteiger partial charge in [-0.2, -0.15) is 14.9 Å². The lowest BCUT2D eigenvalue weighted by Crippen LogP contribution is -2.01. The molecule has 0 atom stereocenters. The number of ether oxygens (including phenoxy) is 1. The number of aromatic nitrogens is 3. The van der Waals surface area contributed by atoms with Crippen molar-refractivity contribution < 1.29 is 9.13 Å². The summed E-state index contributed by atoms with van der Waals surface area (Å²) in [7, 11) is 0. The lowest BCUT2D eigenvalue weighted by molar-refractivity contribution is 0.340. The molecule has 2 aromatic carbocycles. The van der Waals surface area contributed by atoms with Crippen molar-refractivity contribution in [1.82, 2.24) is 14.9 Å². The lowest BCUT2D eigenvalue weighted by atomic mass is 10.1. The Hall–Kier alpha value is -2.22. The van der Waals surface area contributed by atoms with Crippen molar-refractivity contribution in [2.45, 2.75) is 13.3 Å². The number of nitrogens with one attached hydrogen (secondary N) is 1. The van der Waals surface area contributed by atoms with E-state index in [4.69, 9.17) is 40.2 Å². The number of hydrogen-bond donors (Lipinski definition) is 1. The highest BCUT2D eigenvalue weighted by Gasteiger charge is 2.10. The van der Waals surface area contributed by atoms with E-state index in [1.165, 1.54) is 16.8 Å². The molecule has 0 spiro atoms. The van der Waals surface area contributed by atoms with Crippen LogP contribution in [0.15, 0.2) is 41.5 Å². The summed E-state index contributed by atoms with van der Waals surface area (Å²) in [5.41, 5.74) is 1.57. The molecular formula is C18H15Cl2FN4OS. The number of rotatable bonds is 6. The molecule has 1 N–H and O–H groups in total. The van der Waals surface area contributed by atoms with Crippen LogP contribution in [0.5, 0.6) is 5.75 Å². The molecule has 3 rings (SSSR count). The summed E-state index contributed by atoms with van der Waals surface area (Å²) in [5.74, 6) is 0.737. The Kier molecular flexibility index (Phi) is 6.26. The molecule has 5 nitrogen and oxygen atoms in total. The van der Waals surface area contributed by atoms with Crippen LogP contribution in [0.1, 0.15) is 23.9 Å². The van der Waals surface area contributed by atoms with Gasteiger partial charge in [-0.25, -0.2) is 4.39 Å². The summed E-state index contributed by atoms with van der Waals surface area (Å²) < 4.78 is 20.3. The van der Waals surface area contributed by atoms with E-state index < -0.39 is 0 Å².